The summed E-state index contributed by atoms with van der Waals surface area (Å²) in [5.41, 5.74) is 6.99. The topological polar surface area (TPSA) is 35.2 Å². The van der Waals surface area contributed by atoms with Gasteiger partial charge in [-0.25, -0.2) is 8.78 Å². The monoisotopic (exact) mass is 295 g/mol. The Hall–Kier alpha value is -1.59. The van der Waals surface area contributed by atoms with Crippen LogP contribution in [0.15, 0.2) is 47.4 Å². The van der Waals surface area contributed by atoms with Crippen molar-refractivity contribution >= 4 is 11.8 Å². The Morgan fingerprint density at radius 2 is 2.00 bits per heavy atom. The highest BCUT2D eigenvalue weighted by atomic mass is 32.2. The fourth-order valence-electron chi connectivity index (χ4n) is 1.74. The maximum absolute atomic E-state index is 13.5. The highest BCUT2D eigenvalue weighted by molar-refractivity contribution is 7.99. The van der Waals surface area contributed by atoms with Gasteiger partial charge in [0.25, 0.3) is 0 Å². The van der Waals surface area contributed by atoms with E-state index in [-0.39, 0.29) is 6.04 Å². The molecule has 2 rings (SSSR count). The Kier molecular flexibility index (Phi) is 4.98. The fourth-order valence-corrected chi connectivity index (χ4v) is 2.65. The van der Waals surface area contributed by atoms with Gasteiger partial charge in [0, 0.05) is 22.8 Å². The third-order valence-corrected chi connectivity index (χ3v) is 4.00. The molecule has 20 heavy (non-hydrogen) atoms. The van der Waals surface area contributed by atoms with Crippen molar-refractivity contribution < 1.29 is 13.5 Å². The molecular formula is C15H15F2NOS. The van der Waals surface area contributed by atoms with E-state index in [1.54, 1.807) is 7.11 Å². The highest BCUT2D eigenvalue weighted by Crippen LogP contribution is 2.27. The minimum Gasteiger partial charge on any atom is -0.497 e. The van der Waals surface area contributed by atoms with E-state index in [1.165, 1.54) is 23.9 Å². The van der Waals surface area contributed by atoms with Crippen molar-refractivity contribution in [2.75, 3.05) is 12.9 Å². The van der Waals surface area contributed by atoms with Crippen molar-refractivity contribution in [2.45, 2.75) is 10.9 Å². The molecule has 2 nitrogen and oxygen atoms in total. The van der Waals surface area contributed by atoms with Crippen molar-refractivity contribution in [3.63, 3.8) is 0 Å². The van der Waals surface area contributed by atoms with Crippen LogP contribution in [0.4, 0.5) is 8.78 Å². The van der Waals surface area contributed by atoms with E-state index in [9.17, 15) is 8.78 Å². The van der Waals surface area contributed by atoms with Gasteiger partial charge in [-0.3, -0.25) is 0 Å². The minimum atomic E-state index is -0.580. The summed E-state index contributed by atoms with van der Waals surface area (Å²) in [7, 11) is 1.59. The molecule has 0 aliphatic heterocycles. The Morgan fingerprint density at radius 1 is 1.20 bits per heavy atom. The maximum atomic E-state index is 13.5. The fraction of sp³-hybridized carbons (Fsp3) is 0.200. The van der Waals surface area contributed by atoms with E-state index in [0.29, 0.717) is 10.6 Å². The zero-order chi connectivity index (χ0) is 14.5. The second kappa shape index (κ2) is 6.72. The third-order valence-electron chi connectivity index (χ3n) is 2.83. The first-order valence-corrected chi connectivity index (χ1v) is 7.06. The minimum absolute atomic E-state index is 0.250. The number of hydrogen-bond donors (Lipinski definition) is 1. The Morgan fingerprint density at radius 3 is 2.70 bits per heavy atom. The summed E-state index contributed by atoms with van der Waals surface area (Å²) in [6.45, 7) is 0. The summed E-state index contributed by atoms with van der Waals surface area (Å²) >= 11 is 1.26. The predicted octanol–water partition coefficient (Wildman–Crippen LogP) is 3.77. The number of nitrogens with two attached hydrogens (primary N) is 1. The molecule has 5 heteroatoms. The summed E-state index contributed by atoms with van der Waals surface area (Å²) in [6.07, 6.45) is 0. The van der Waals surface area contributed by atoms with Crippen molar-refractivity contribution in [2.24, 2.45) is 5.73 Å². The first kappa shape index (κ1) is 14.8. The van der Waals surface area contributed by atoms with E-state index >= 15 is 0 Å². The smallest absolute Gasteiger partial charge is 0.139 e. The summed E-state index contributed by atoms with van der Waals surface area (Å²) in [5, 5.41) is 0. The van der Waals surface area contributed by atoms with Gasteiger partial charge in [0.1, 0.15) is 17.4 Å². The first-order chi connectivity index (χ1) is 9.60. The molecule has 1 unspecified atom stereocenters. The number of thioether (sulfide) groups is 1. The largest absolute Gasteiger partial charge is 0.497 e. The van der Waals surface area contributed by atoms with Gasteiger partial charge >= 0.3 is 0 Å². The summed E-state index contributed by atoms with van der Waals surface area (Å²) < 4.78 is 31.4. The van der Waals surface area contributed by atoms with Crippen molar-refractivity contribution in [1.82, 2.24) is 0 Å². The predicted molar refractivity (Wildman–Crippen MR) is 77.0 cm³/mol. The highest BCUT2D eigenvalue weighted by Gasteiger charge is 2.10. The number of ether oxygens (including phenoxy) is 1. The van der Waals surface area contributed by atoms with Gasteiger partial charge in [0.2, 0.25) is 0 Å². The maximum Gasteiger partial charge on any atom is 0.139 e. The van der Waals surface area contributed by atoms with Crippen LogP contribution >= 0.6 is 11.8 Å². The molecule has 0 radical (unpaired) electrons. The van der Waals surface area contributed by atoms with Crippen molar-refractivity contribution in [3.05, 3.63) is 59.7 Å². The molecule has 2 aromatic carbocycles. The normalized spacial score (nSPS) is 12.2. The molecule has 2 N–H and O–H groups in total. The van der Waals surface area contributed by atoms with Crippen LogP contribution in [0.25, 0.3) is 0 Å². The number of rotatable bonds is 5. The quantitative estimate of drug-likeness (QED) is 0.853. The van der Waals surface area contributed by atoms with E-state index in [1.807, 2.05) is 24.3 Å². The Labute approximate surface area is 120 Å². The lowest BCUT2D eigenvalue weighted by molar-refractivity contribution is 0.414. The van der Waals surface area contributed by atoms with Gasteiger partial charge in [-0.1, -0.05) is 12.1 Å². The number of benzene rings is 2. The van der Waals surface area contributed by atoms with E-state index < -0.39 is 11.6 Å². The number of halogens is 2. The van der Waals surface area contributed by atoms with Gasteiger partial charge in [0.05, 0.1) is 7.11 Å². The molecule has 0 heterocycles. The molecule has 0 amide bonds. The molecular weight excluding hydrogens is 280 g/mol. The van der Waals surface area contributed by atoms with Crippen LogP contribution in [0, 0.1) is 11.6 Å². The zero-order valence-corrected chi connectivity index (χ0v) is 11.8. The van der Waals surface area contributed by atoms with E-state index in [0.717, 1.165) is 17.4 Å². The van der Waals surface area contributed by atoms with Gasteiger partial charge in [-0.05, 0) is 29.8 Å². The van der Waals surface area contributed by atoms with Gasteiger partial charge in [-0.2, -0.15) is 0 Å². The molecule has 0 aromatic heterocycles. The standard InChI is InChI=1S/C15H15F2NOS/c1-19-12-4-2-3-10(7-12)14(18)9-20-15-6-5-11(16)8-13(15)17/h2-8,14H,9,18H2,1H3. The Bertz CT molecular complexity index is 592. The van der Waals surface area contributed by atoms with E-state index in [4.69, 9.17) is 10.5 Å². The molecule has 106 valence electrons. The molecule has 0 aliphatic carbocycles. The average Bonchev–Trinajstić information content (AvgIpc) is 2.46. The van der Waals surface area contributed by atoms with Crippen LogP contribution < -0.4 is 10.5 Å². The van der Waals surface area contributed by atoms with Crippen LogP contribution in [-0.4, -0.2) is 12.9 Å². The number of methoxy groups -OCH3 is 1. The molecule has 0 spiro atoms. The van der Waals surface area contributed by atoms with Crippen molar-refractivity contribution in [3.8, 4) is 5.75 Å². The lowest BCUT2D eigenvalue weighted by Crippen LogP contribution is -2.13. The van der Waals surface area contributed by atoms with E-state index in [2.05, 4.69) is 0 Å². The SMILES string of the molecule is COc1cccc(C(N)CSc2ccc(F)cc2F)c1. The average molecular weight is 295 g/mol. The molecule has 0 fully saturated rings. The molecule has 2 aromatic rings. The van der Waals surface area contributed by atoms with Gasteiger partial charge < -0.3 is 10.5 Å². The molecule has 0 bridgehead atoms. The zero-order valence-electron chi connectivity index (χ0n) is 11.0. The van der Waals surface area contributed by atoms with Crippen LogP contribution in [0.5, 0.6) is 5.75 Å². The van der Waals surface area contributed by atoms with Gasteiger partial charge in [0.15, 0.2) is 0 Å². The number of hydrogen-bond acceptors (Lipinski definition) is 3. The van der Waals surface area contributed by atoms with Gasteiger partial charge in [-0.15, -0.1) is 11.8 Å². The lowest BCUT2D eigenvalue weighted by atomic mass is 10.1. The summed E-state index contributed by atoms with van der Waals surface area (Å²) in [5.74, 6) is 0.0862. The second-order valence-electron chi connectivity index (χ2n) is 4.27. The van der Waals surface area contributed by atoms with Crippen LogP contribution in [-0.2, 0) is 0 Å². The molecule has 0 saturated heterocycles. The van der Waals surface area contributed by atoms with Crippen LogP contribution in [0.3, 0.4) is 0 Å². The molecule has 1 atom stereocenters. The van der Waals surface area contributed by atoms with Crippen LogP contribution in [0.2, 0.25) is 0 Å². The van der Waals surface area contributed by atoms with Crippen molar-refractivity contribution in [1.29, 1.82) is 0 Å². The second-order valence-corrected chi connectivity index (χ2v) is 5.33. The Balaban J connectivity index is 2.02. The lowest BCUT2D eigenvalue weighted by Gasteiger charge is -2.13. The summed E-state index contributed by atoms with van der Waals surface area (Å²) in [6, 6.07) is 10.7. The first-order valence-electron chi connectivity index (χ1n) is 6.07. The molecule has 0 saturated carbocycles. The molecule has 0 aliphatic rings. The van der Waals surface area contributed by atoms with Crippen LogP contribution in [0.1, 0.15) is 11.6 Å². The summed E-state index contributed by atoms with van der Waals surface area (Å²) in [4.78, 5) is 0.393. The third kappa shape index (κ3) is 3.71.